The van der Waals surface area contributed by atoms with Crippen molar-refractivity contribution in [2.45, 2.75) is 25.6 Å². The van der Waals surface area contributed by atoms with Crippen LogP contribution >= 0.6 is 0 Å². The predicted molar refractivity (Wildman–Crippen MR) is 123 cm³/mol. The summed E-state index contributed by atoms with van der Waals surface area (Å²) < 4.78 is 75.6. The molecule has 1 aromatic heterocycles. The number of halogens is 5. The summed E-state index contributed by atoms with van der Waals surface area (Å²) in [6, 6.07) is 16.5. The summed E-state index contributed by atoms with van der Waals surface area (Å²) in [6.07, 6.45) is -2.20. The van der Waals surface area contributed by atoms with Gasteiger partial charge in [-0.05, 0) is 59.2 Å². The number of aryl methyl sites for hydroxylation is 2. The zero-order chi connectivity index (χ0) is 25.0. The van der Waals surface area contributed by atoms with Gasteiger partial charge in [-0.1, -0.05) is 36.4 Å². The highest BCUT2D eigenvalue weighted by Crippen LogP contribution is 2.28. The van der Waals surface area contributed by atoms with Gasteiger partial charge in [0.25, 0.3) is 0 Å². The molecule has 1 heterocycles. The van der Waals surface area contributed by atoms with E-state index in [4.69, 9.17) is 4.74 Å². The summed E-state index contributed by atoms with van der Waals surface area (Å²) >= 11 is 0. The van der Waals surface area contributed by atoms with E-state index in [1.165, 1.54) is 6.07 Å². The van der Waals surface area contributed by atoms with Gasteiger partial charge in [0, 0.05) is 24.3 Å². The number of hydrogen-bond acceptors (Lipinski definition) is 3. The molecule has 0 aliphatic rings. The Labute approximate surface area is 199 Å². The molecular weight excluding hydrogens is 465 g/mol. The molecule has 0 saturated carbocycles. The van der Waals surface area contributed by atoms with Crippen molar-refractivity contribution in [1.82, 2.24) is 4.98 Å². The maximum absolute atomic E-state index is 15.2. The first-order chi connectivity index (χ1) is 16.7. The van der Waals surface area contributed by atoms with E-state index in [1.54, 1.807) is 25.4 Å². The second-order valence-corrected chi connectivity index (χ2v) is 8.13. The molecule has 0 amide bonds. The number of ether oxygens (including phenoxy) is 2. The van der Waals surface area contributed by atoms with Crippen LogP contribution in [0.15, 0.2) is 66.9 Å². The minimum Gasteiger partial charge on any atom is -0.481 e. The van der Waals surface area contributed by atoms with E-state index in [2.05, 4.69) is 9.72 Å². The lowest BCUT2D eigenvalue weighted by atomic mass is 9.98. The fourth-order valence-electron chi connectivity index (χ4n) is 3.79. The molecule has 182 valence electrons. The van der Waals surface area contributed by atoms with Gasteiger partial charge in [-0.3, -0.25) is 4.98 Å². The molecule has 4 rings (SSSR count). The second-order valence-electron chi connectivity index (χ2n) is 8.13. The molecule has 0 aliphatic heterocycles. The number of benzene rings is 3. The fraction of sp³-hybridized carbons (Fsp3) is 0.222. The van der Waals surface area contributed by atoms with Crippen LogP contribution in [0.5, 0.6) is 5.75 Å². The molecule has 0 aliphatic carbocycles. The number of methoxy groups -OCH3 is 1. The highest BCUT2D eigenvalue weighted by Gasteiger charge is 2.29. The first-order valence-electron chi connectivity index (χ1n) is 10.9. The molecule has 0 bridgehead atoms. The van der Waals surface area contributed by atoms with Gasteiger partial charge in [-0.25, -0.2) is 8.78 Å². The SMILES string of the molecule is COCc1ccc(-c2ccc3c(F)c(CCc4ccc(OCC(F)(F)F)c(F)c4)ccc3c2)nc1. The van der Waals surface area contributed by atoms with Crippen molar-refractivity contribution < 1.29 is 31.4 Å². The summed E-state index contributed by atoms with van der Waals surface area (Å²) in [5.74, 6) is -1.72. The smallest absolute Gasteiger partial charge is 0.422 e. The van der Waals surface area contributed by atoms with E-state index in [0.29, 0.717) is 36.0 Å². The average molecular weight is 487 g/mol. The van der Waals surface area contributed by atoms with Crippen LogP contribution in [0.3, 0.4) is 0 Å². The molecule has 0 spiro atoms. The third-order valence-electron chi connectivity index (χ3n) is 5.54. The summed E-state index contributed by atoms with van der Waals surface area (Å²) in [7, 11) is 1.62. The van der Waals surface area contributed by atoms with Crippen molar-refractivity contribution in [1.29, 1.82) is 0 Å². The van der Waals surface area contributed by atoms with E-state index < -0.39 is 24.3 Å². The van der Waals surface area contributed by atoms with Crippen LogP contribution in [-0.2, 0) is 24.2 Å². The van der Waals surface area contributed by atoms with Crippen LogP contribution < -0.4 is 4.74 Å². The van der Waals surface area contributed by atoms with Crippen molar-refractivity contribution in [3.8, 4) is 17.0 Å². The van der Waals surface area contributed by atoms with Crippen molar-refractivity contribution in [3.63, 3.8) is 0 Å². The van der Waals surface area contributed by atoms with E-state index in [1.807, 2.05) is 30.3 Å². The topological polar surface area (TPSA) is 31.4 Å². The lowest BCUT2D eigenvalue weighted by Crippen LogP contribution is -2.19. The number of pyridine rings is 1. The Morgan fingerprint density at radius 3 is 2.34 bits per heavy atom. The molecule has 0 saturated heterocycles. The van der Waals surface area contributed by atoms with Gasteiger partial charge in [-0.2, -0.15) is 13.2 Å². The molecule has 0 unspecified atom stereocenters. The first-order valence-corrected chi connectivity index (χ1v) is 10.9. The van der Waals surface area contributed by atoms with Gasteiger partial charge in [0.15, 0.2) is 18.2 Å². The predicted octanol–water partition coefficient (Wildman–Crippen LogP) is 7.05. The molecule has 35 heavy (non-hydrogen) atoms. The second kappa shape index (κ2) is 10.4. The Hall–Kier alpha value is -3.52. The molecule has 8 heteroatoms. The lowest BCUT2D eigenvalue weighted by molar-refractivity contribution is -0.153. The highest BCUT2D eigenvalue weighted by molar-refractivity contribution is 5.88. The number of rotatable bonds is 8. The zero-order valence-electron chi connectivity index (χ0n) is 18.8. The van der Waals surface area contributed by atoms with Crippen LogP contribution in [-0.4, -0.2) is 24.9 Å². The number of fused-ring (bicyclic) bond motifs is 1. The van der Waals surface area contributed by atoms with Crippen molar-refractivity contribution in [2.24, 2.45) is 0 Å². The monoisotopic (exact) mass is 487 g/mol. The summed E-state index contributed by atoms with van der Waals surface area (Å²) in [5, 5.41) is 1.19. The Bertz CT molecular complexity index is 1320. The molecule has 0 radical (unpaired) electrons. The Morgan fingerprint density at radius 2 is 1.66 bits per heavy atom. The fourth-order valence-corrected chi connectivity index (χ4v) is 3.79. The third-order valence-corrected chi connectivity index (χ3v) is 5.54. The Kier molecular flexibility index (Phi) is 7.31. The van der Waals surface area contributed by atoms with Gasteiger partial charge in [-0.15, -0.1) is 0 Å². The van der Waals surface area contributed by atoms with Crippen molar-refractivity contribution in [2.75, 3.05) is 13.7 Å². The highest BCUT2D eigenvalue weighted by atomic mass is 19.4. The molecule has 0 atom stereocenters. The number of alkyl halides is 3. The van der Waals surface area contributed by atoms with Crippen LogP contribution in [0.2, 0.25) is 0 Å². The van der Waals surface area contributed by atoms with Crippen LogP contribution in [0.25, 0.3) is 22.0 Å². The Morgan fingerprint density at radius 1 is 0.857 bits per heavy atom. The number of hydrogen-bond donors (Lipinski definition) is 0. The van der Waals surface area contributed by atoms with E-state index in [9.17, 15) is 17.6 Å². The minimum atomic E-state index is -4.55. The summed E-state index contributed by atoms with van der Waals surface area (Å²) in [5.41, 5.74) is 3.57. The van der Waals surface area contributed by atoms with Crippen molar-refractivity contribution >= 4 is 10.8 Å². The molecule has 0 N–H and O–H groups in total. The molecule has 3 nitrogen and oxygen atoms in total. The minimum absolute atomic E-state index is 0.300. The van der Waals surface area contributed by atoms with Gasteiger partial charge in [0.05, 0.1) is 12.3 Å². The largest absolute Gasteiger partial charge is 0.481 e. The number of aromatic nitrogens is 1. The maximum atomic E-state index is 15.2. The first kappa shape index (κ1) is 24.6. The quantitative estimate of drug-likeness (QED) is 0.250. The number of nitrogens with zero attached hydrogens (tertiary/aromatic N) is 1. The van der Waals surface area contributed by atoms with Crippen molar-refractivity contribution in [3.05, 3.63) is 95.2 Å². The molecular formula is C27H22F5NO2. The average Bonchev–Trinajstić information content (AvgIpc) is 2.83. The van der Waals surface area contributed by atoms with Crippen LogP contribution in [0.4, 0.5) is 22.0 Å². The van der Waals surface area contributed by atoms with Gasteiger partial charge >= 0.3 is 6.18 Å². The van der Waals surface area contributed by atoms with Gasteiger partial charge < -0.3 is 9.47 Å². The van der Waals surface area contributed by atoms with E-state index >= 15 is 4.39 Å². The normalized spacial score (nSPS) is 11.7. The van der Waals surface area contributed by atoms with Gasteiger partial charge in [0.2, 0.25) is 0 Å². The van der Waals surface area contributed by atoms with Crippen LogP contribution in [0, 0.1) is 11.6 Å². The summed E-state index contributed by atoms with van der Waals surface area (Å²) in [4.78, 5) is 4.45. The standard InChI is InChI=1S/C27H22F5NO2/c1-34-15-18-3-10-24(33-14-18)21-8-9-22-20(13-21)7-6-19(26(22)29)5-2-17-4-11-25(23(28)12-17)35-16-27(30,31)32/h3-4,6-14H,2,5,15-16H2,1H3. The van der Waals surface area contributed by atoms with Gasteiger partial charge in [0.1, 0.15) is 5.82 Å². The van der Waals surface area contributed by atoms with E-state index in [0.717, 1.165) is 34.3 Å². The third kappa shape index (κ3) is 6.14. The summed E-state index contributed by atoms with van der Waals surface area (Å²) in [6.45, 7) is -1.09. The zero-order valence-corrected chi connectivity index (χ0v) is 18.8. The lowest BCUT2D eigenvalue weighted by Gasteiger charge is -2.11. The Balaban J connectivity index is 1.47. The maximum Gasteiger partial charge on any atom is 0.422 e. The molecule has 0 fully saturated rings. The van der Waals surface area contributed by atoms with Crippen LogP contribution in [0.1, 0.15) is 16.7 Å². The molecule has 3 aromatic carbocycles. The molecule has 4 aromatic rings. The van der Waals surface area contributed by atoms with E-state index in [-0.39, 0.29) is 5.82 Å².